The number of oxime groups is 1. The highest BCUT2D eigenvalue weighted by molar-refractivity contribution is 6.42. The van der Waals surface area contributed by atoms with Gasteiger partial charge in [0.15, 0.2) is 0 Å². The van der Waals surface area contributed by atoms with E-state index in [9.17, 15) is 0 Å². The molecule has 0 saturated carbocycles. The van der Waals surface area contributed by atoms with E-state index in [0.717, 1.165) is 36.4 Å². The van der Waals surface area contributed by atoms with Gasteiger partial charge in [-0.1, -0.05) is 46.6 Å². The molecular weight excluding hydrogens is 359 g/mol. The van der Waals surface area contributed by atoms with Crippen LogP contribution in [-0.2, 0) is 11.4 Å². The molecule has 0 bridgehead atoms. The van der Waals surface area contributed by atoms with Crippen molar-refractivity contribution in [2.24, 2.45) is 5.16 Å². The number of ether oxygens (including phenoxy) is 1. The molecule has 2 aromatic carbocycles. The summed E-state index contributed by atoms with van der Waals surface area (Å²) >= 11 is 12.0. The molecule has 4 nitrogen and oxygen atoms in total. The second-order valence-corrected chi connectivity index (χ2v) is 6.90. The monoisotopic (exact) mass is 378 g/mol. The molecular formula is C19H20Cl2N2O2. The maximum atomic E-state index is 6.04. The highest BCUT2D eigenvalue weighted by atomic mass is 35.5. The number of para-hydroxylation sites is 1. The van der Waals surface area contributed by atoms with E-state index in [1.54, 1.807) is 18.3 Å². The van der Waals surface area contributed by atoms with Crippen molar-refractivity contribution in [1.82, 2.24) is 4.90 Å². The van der Waals surface area contributed by atoms with E-state index in [4.69, 9.17) is 32.8 Å². The summed E-state index contributed by atoms with van der Waals surface area (Å²) in [5.41, 5.74) is 1.82. The van der Waals surface area contributed by atoms with Gasteiger partial charge in [-0.15, -0.1) is 0 Å². The van der Waals surface area contributed by atoms with E-state index >= 15 is 0 Å². The van der Waals surface area contributed by atoms with Gasteiger partial charge < -0.3 is 14.5 Å². The van der Waals surface area contributed by atoms with E-state index in [2.05, 4.69) is 17.1 Å². The molecule has 0 spiro atoms. The predicted octanol–water partition coefficient (Wildman–Crippen LogP) is 4.63. The van der Waals surface area contributed by atoms with E-state index < -0.39 is 0 Å². The summed E-state index contributed by atoms with van der Waals surface area (Å²) < 4.78 is 5.90. The first-order valence-electron chi connectivity index (χ1n) is 8.15. The second-order valence-electron chi connectivity index (χ2n) is 6.09. The third kappa shape index (κ3) is 5.11. The van der Waals surface area contributed by atoms with Gasteiger partial charge in [-0.3, -0.25) is 0 Å². The summed E-state index contributed by atoms with van der Waals surface area (Å²) in [6.45, 7) is 2.35. The molecule has 0 aliphatic carbocycles. The summed E-state index contributed by atoms with van der Waals surface area (Å²) in [6.07, 6.45) is 2.86. The number of nitrogens with zero attached hydrogens (tertiary/aromatic N) is 2. The Morgan fingerprint density at radius 3 is 2.80 bits per heavy atom. The molecule has 25 heavy (non-hydrogen) atoms. The molecule has 1 atom stereocenters. The van der Waals surface area contributed by atoms with Gasteiger partial charge in [0.1, 0.15) is 18.5 Å². The number of likely N-dealkylation sites (N-methyl/N-ethyl adjacent to an activating group) is 1. The first kappa shape index (κ1) is 18.1. The fraction of sp³-hybridized carbons (Fsp3) is 0.316. The predicted molar refractivity (Wildman–Crippen MR) is 102 cm³/mol. The van der Waals surface area contributed by atoms with Crippen LogP contribution < -0.4 is 4.74 Å². The first-order chi connectivity index (χ1) is 12.1. The largest absolute Gasteiger partial charge is 0.488 e. The van der Waals surface area contributed by atoms with Gasteiger partial charge in [0.05, 0.1) is 16.3 Å². The summed E-state index contributed by atoms with van der Waals surface area (Å²) in [5.74, 6) is 0.740. The first-order valence-corrected chi connectivity index (χ1v) is 8.91. The lowest BCUT2D eigenvalue weighted by atomic mass is 10.2. The number of hydrogen-bond acceptors (Lipinski definition) is 4. The Morgan fingerprint density at radius 1 is 1.20 bits per heavy atom. The van der Waals surface area contributed by atoms with E-state index in [1.165, 1.54) is 0 Å². The van der Waals surface area contributed by atoms with Crippen molar-refractivity contribution < 1.29 is 9.57 Å². The number of benzene rings is 2. The Hall–Kier alpha value is -1.75. The van der Waals surface area contributed by atoms with Crippen LogP contribution in [0.3, 0.4) is 0 Å². The molecule has 132 valence electrons. The van der Waals surface area contributed by atoms with Crippen molar-refractivity contribution >= 4 is 29.4 Å². The minimum atomic E-state index is 0.158. The fourth-order valence-electron chi connectivity index (χ4n) is 2.66. The lowest BCUT2D eigenvalue weighted by molar-refractivity contribution is 0.0682. The number of rotatable bonds is 6. The third-order valence-electron chi connectivity index (χ3n) is 4.05. The zero-order valence-electron chi connectivity index (χ0n) is 14.0. The third-order valence-corrected chi connectivity index (χ3v) is 4.79. The highest BCUT2D eigenvalue weighted by Crippen LogP contribution is 2.24. The molecule has 6 heteroatoms. The van der Waals surface area contributed by atoms with Crippen LogP contribution in [0.15, 0.2) is 47.6 Å². The molecule has 1 fully saturated rings. The lowest BCUT2D eigenvalue weighted by Gasteiger charge is -2.10. The van der Waals surface area contributed by atoms with Crippen LogP contribution in [0.1, 0.15) is 17.5 Å². The van der Waals surface area contributed by atoms with Gasteiger partial charge in [-0.25, -0.2) is 0 Å². The van der Waals surface area contributed by atoms with Crippen LogP contribution in [0.25, 0.3) is 0 Å². The number of hydrogen-bond donors (Lipinski definition) is 0. The number of likely N-dealkylation sites (tertiary alicyclic amines) is 1. The summed E-state index contributed by atoms with van der Waals surface area (Å²) in [5, 5.41) is 5.18. The van der Waals surface area contributed by atoms with Crippen LogP contribution in [0.4, 0.5) is 0 Å². The Bertz CT molecular complexity index is 752. The second kappa shape index (κ2) is 8.56. The van der Waals surface area contributed by atoms with Crippen molar-refractivity contribution in [2.75, 3.05) is 20.1 Å². The maximum absolute atomic E-state index is 6.04. The average molecular weight is 379 g/mol. The molecule has 1 aliphatic heterocycles. The smallest absolute Gasteiger partial charge is 0.141 e. The molecule has 0 aromatic heterocycles. The highest BCUT2D eigenvalue weighted by Gasteiger charge is 2.20. The van der Waals surface area contributed by atoms with Crippen LogP contribution in [0.2, 0.25) is 10.0 Å². The van der Waals surface area contributed by atoms with E-state index in [-0.39, 0.29) is 6.10 Å². The molecule has 1 aliphatic rings. The Labute approximate surface area is 157 Å². The minimum Gasteiger partial charge on any atom is -0.488 e. The molecule has 1 unspecified atom stereocenters. The molecule has 0 amide bonds. The van der Waals surface area contributed by atoms with Crippen molar-refractivity contribution in [3.05, 3.63) is 63.6 Å². The SMILES string of the molecule is CN1CCC(O/N=C/c2ccccc2OCc2ccc(Cl)c(Cl)c2)C1. The molecule has 1 heterocycles. The number of halogens is 2. The summed E-state index contributed by atoms with van der Waals surface area (Å²) in [4.78, 5) is 7.79. The average Bonchev–Trinajstić information content (AvgIpc) is 3.02. The van der Waals surface area contributed by atoms with E-state index in [1.807, 2.05) is 30.3 Å². The van der Waals surface area contributed by atoms with Gasteiger partial charge in [-0.05, 0) is 36.9 Å². The maximum Gasteiger partial charge on any atom is 0.141 e. The zero-order chi connectivity index (χ0) is 17.6. The molecule has 0 N–H and O–H groups in total. The fourth-order valence-corrected chi connectivity index (χ4v) is 2.98. The standard InChI is InChI=1S/C19H20Cl2N2O2/c1-23-9-8-16(12-23)25-22-11-15-4-2-3-5-19(15)24-13-14-6-7-17(20)18(21)10-14/h2-7,10-11,16H,8-9,12-13H2,1H3/b22-11+. The van der Waals surface area contributed by atoms with Crippen molar-refractivity contribution in [1.29, 1.82) is 0 Å². The summed E-state index contributed by atoms with van der Waals surface area (Å²) in [7, 11) is 2.08. The quantitative estimate of drug-likeness (QED) is 0.542. The Kier molecular flexibility index (Phi) is 6.19. The lowest BCUT2D eigenvalue weighted by Crippen LogP contribution is -2.17. The normalized spacial score (nSPS) is 18.0. The molecule has 2 aromatic rings. The van der Waals surface area contributed by atoms with Gasteiger partial charge in [0.25, 0.3) is 0 Å². The van der Waals surface area contributed by atoms with Gasteiger partial charge in [-0.2, -0.15) is 0 Å². The van der Waals surface area contributed by atoms with Crippen molar-refractivity contribution in [3.8, 4) is 5.75 Å². The van der Waals surface area contributed by atoms with Crippen molar-refractivity contribution in [2.45, 2.75) is 19.1 Å². The van der Waals surface area contributed by atoms with Crippen LogP contribution in [-0.4, -0.2) is 37.4 Å². The Balaban J connectivity index is 1.61. The topological polar surface area (TPSA) is 34.1 Å². The van der Waals surface area contributed by atoms with Crippen LogP contribution >= 0.6 is 23.2 Å². The molecule has 0 radical (unpaired) electrons. The van der Waals surface area contributed by atoms with Gasteiger partial charge >= 0.3 is 0 Å². The zero-order valence-corrected chi connectivity index (χ0v) is 15.5. The Morgan fingerprint density at radius 2 is 2.04 bits per heavy atom. The van der Waals surface area contributed by atoms with Crippen LogP contribution in [0, 0.1) is 0 Å². The molecule has 3 rings (SSSR count). The molecule has 1 saturated heterocycles. The van der Waals surface area contributed by atoms with Crippen molar-refractivity contribution in [3.63, 3.8) is 0 Å². The minimum absolute atomic E-state index is 0.158. The van der Waals surface area contributed by atoms with Gasteiger partial charge in [0.2, 0.25) is 0 Å². The van der Waals surface area contributed by atoms with Gasteiger partial charge in [0, 0.05) is 25.1 Å². The summed E-state index contributed by atoms with van der Waals surface area (Å²) in [6, 6.07) is 13.2. The van der Waals surface area contributed by atoms with Crippen LogP contribution in [0.5, 0.6) is 5.75 Å². The van der Waals surface area contributed by atoms with E-state index in [0.29, 0.717) is 16.7 Å².